The number of ketones is 1. The number of benzene rings is 2. The van der Waals surface area contributed by atoms with Gasteiger partial charge in [0.05, 0.1) is 36.4 Å². The van der Waals surface area contributed by atoms with Crippen LogP contribution in [-0.2, 0) is 15.0 Å². The van der Waals surface area contributed by atoms with Crippen LogP contribution in [0.25, 0.3) is 5.76 Å². The van der Waals surface area contributed by atoms with E-state index in [2.05, 4.69) is 25.7 Å². The van der Waals surface area contributed by atoms with Crippen molar-refractivity contribution >= 4 is 40.7 Å². The standard InChI is InChI=1S/C29H36Cl2N2O5/c1-8-32(9-2)14-15-33-23(17-10-12-18(13-11-17)29(3,4)5)21(25(35)28(33)36)24(34)19-16-20(30)27(38-7)22(31)26(19)37-6/h10-13,16,23,34H,8-9,14-15H2,1-7H3/b24-21+. The van der Waals surface area contributed by atoms with Gasteiger partial charge in [0, 0.05) is 13.1 Å². The molecule has 3 rings (SSSR count). The number of hydrogen-bond donors (Lipinski definition) is 1. The van der Waals surface area contributed by atoms with Gasteiger partial charge in [0.15, 0.2) is 11.5 Å². The molecular formula is C29H36Cl2N2O5. The molecule has 0 spiro atoms. The van der Waals surface area contributed by atoms with Crippen molar-refractivity contribution < 1.29 is 24.2 Å². The number of likely N-dealkylation sites (N-methyl/N-ethyl adjacent to an activating group) is 1. The highest BCUT2D eigenvalue weighted by Gasteiger charge is 2.46. The first-order valence-electron chi connectivity index (χ1n) is 12.6. The van der Waals surface area contributed by atoms with E-state index < -0.39 is 23.5 Å². The monoisotopic (exact) mass is 562 g/mol. The van der Waals surface area contributed by atoms with Gasteiger partial charge in [-0.3, -0.25) is 9.59 Å². The number of amides is 1. The first kappa shape index (κ1) is 29.8. The van der Waals surface area contributed by atoms with Crippen LogP contribution in [0.2, 0.25) is 10.0 Å². The minimum atomic E-state index is -0.802. The number of rotatable bonds is 9. The molecule has 1 aliphatic rings. The number of likely N-dealkylation sites (tertiary alicyclic amines) is 1. The van der Waals surface area contributed by atoms with E-state index in [0.29, 0.717) is 18.7 Å². The smallest absolute Gasteiger partial charge is 0.295 e. The van der Waals surface area contributed by atoms with Crippen molar-refractivity contribution in [1.82, 2.24) is 9.80 Å². The summed E-state index contributed by atoms with van der Waals surface area (Å²) in [5.74, 6) is -1.61. The topological polar surface area (TPSA) is 79.3 Å². The maximum Gasteiger partial charge on any atom is 0.295 e. The maximum absolute atomic E-state index is 13.5. The second-order valence-corrected chi connectivity index (χ2v) is 11.0. The van der Waals surface area contributed by atoms with E-state index in [1.54, 1.807) is 0 Å². The van der Waals surface area contributed by atoms with Gasteiger partial charge in [-0.05, 0) is 35.7 Å². The van der Waals surface area contributed by atoms with E-state index in [1.165, 1.54) is 25.2 Å². The number of halogens is 2. The van der Waals surface area contributed by atoms with Gasteiger partial charge in [-0.25, -0.2) is 0 Å². The van der Waals surface area contributed by atoms with Gasteiger partial charge in [-0.2, -0.15) is 0 Å². The average molecular weight is 564 g/mol. The minimum Gasteiger partial charge on any atom is -0.507 e. The number of carbonyl (C=O) groups excluding carboxylic acids is 2. The molecule has 0 radical (unpaired) electrons. The average Bonchev–Trinajstić information content (AvgIpc) is 3.13. The second kappa shape index (κ2) is 12.0. The van der Waals surface area contributed by atoms with Gasteiger partial charge in [0.25, 0.3) is 11.7 Å². The number of aliphatic hydroxyl groups is 1. The molecule has 206 valence electrons. The zero-order valence-corrected chi connectivity index (χ0v) is 24.5. The van der Waals surface area contributed by atoms with E-state index in [4.69, 9.17) is 32.7 Å². The first-order valence-corrected chi connectivity index (χ1v) is 13.4. The molecule has 0 aromatic heterocycles. The first-order chi connectivity index (χ1) is 17.9. The van der Waals surface area contributed by atoms with Crippen LogP contribution >= 0.6 is 23.2 Å². The second-order valence-electron chi connectivity index (χ2n) is 10.2. The van der Waals surface area contributed by atoms with Crippen LogP contribution in [-0.4, -0.2) is 67.0 Å². The Morgan fingerprint density at radius 1 is 1.03 bits per heavy atom. The summed E-state index contributed by atoms with van der Waals surface area (Å²) in [7, 11) is 2.80. The van der Waals surface area contributed by atoms with Crippen molar-refractivity contribution in [2.45, 2.75) is 46.1 Å². The third kappa shape index (κ3) is 5.65. The summed E-state index contributed by atoms with van der Waals surface area (Å²) in [6.45, 7) is 12.9. The highest BCUT2D eigenvalue weighted by atomic mass is 35.5. The lowest BCUT2D eigenvalue weighted by molar-refractivity contribution is -0.140. The van der Waals surface area contributed by atoms with E-state index in [9.17, 15) is 14.7 Å². The fourth-order valence-electron chi connectivity index (χ4n) is 4.70. The van der Waals surface area contributed by atoms with Crippen molar-refractivity contribution in [3.05, 3.63) is 62.6 Å². The van der Waals surface area contributed by atoms with Gasteiger partial charge >= 0.3 is 0 Å². The molecule has 7 nitrogen and oxygen atoms in total. The molecule has 2 aromatic rings. The summed E-state index contributed by atoms with van der Waals surface area (Å²) in [5, 5.41) is 11.7. The van der Waals surface area contributed by atoms with Gasteiger partial charge in [-0.15, -0.1) is 0 Å². The Morgan fingerprint density at radius 2 is 1.61 bits per heavy atom. The number of carbonyl (C=O) groups is 2. The maximum atomic E-state index is 13.5. The molecule has 1 atom stereocenters. The molecule has 0 aliphatic carbocycles. The molecule has 0 bridgehead atoms. The number of hydrogen-bond acceptors (Lipinski definition) is 6. The number of Topliss-reactive ketones (excluding diaryl/α,β-unsaturated/α-hetero) is 1. The predicted octanol–water partition coefficient (Wildman–Crippen LogP) is 6.07. The SMILES string of the molecule is CCN(CC)CCN1C(=O)C(=O)/C(=C(/O)c2cc(Cl)c(OC)c(Cl)c2OC)C1c1ccc(C(C)(C)C)cc1. The zero-order chi connectivity index (χ0) is 28.4. The summed E-state index contributed by atoms with van der Waals surface area (Å²) in [4.78, 5) is 30.5. The predicted molar refractivity (Wildman–Crippen MR) is 152 cm³/mol. The van der Waals surface area contributed by atoms with Crippen LogP contribution in [0.5, 0.6) is 11.5 Å². The van der Waals surface area contributed by atoms with Gasteiger partial charge in [-0.1, -0.05) is 82.1 Å². The molecule has 1 N–H and O–H groups in total. The van der Waals surface area contributed by atoms with Crippen molar-refractivity contribution in [3.63, 3.8) is 0 Å². The highest BCUT2D eigenvalue weighted by molar-refractivity contribution is 6.47. The minimum absolute atomic E-state index is 0.0471. The summed E-state index contributed by atoms with van der Waals surface area (Å²) >= 11 is 12.8. The summed E-state index contributed by atoms with van der Waals surface area (Å²) in [6.07, 6.45) is 0. The fraction of sp³-hybridized carbons (Fsp3) is 0.448. The highest BCUT2D eigenvalue weighted by Crippen LogP contribution is 2.47. The largest absolute Gasteiger partial charge is 0.507 e. The third-order valence-electron chi connectivity index (χ3n) is 6.98. The van der Waals surface area contributed by atoms with Crippen LogP contribution in [0.1, 0.15) is 57.4 Å². The Kier molecular flexibility index (Phi) is 9.39. The molecule has 1 unspecified atom stereocenters. The Labute approximate surface area is 234 Å². The van der Waals surface area contributed by atoms with Crippen molar-refractivity contribution in [1.29, 1.82) is 0 Å². The van der Waals surface area contributed by atoms with Gasteiger partial charge < -0.3 is 24.4 Å². The van der Waals surface area contributed by atoms with Crippen LogP contribution in [0.3, 0.4) is 0 Å². The van der Waals surface area contributed by atoms with Crippen molar-refractivity contribution in [2.24, 2.45) is 0 Å². The Hall–Kier alpha value is -2.74. The lowest BCUT2D eigenvalue weighted by atomic mass is 9.85. The molecule has 2 aromatic carbocycles. The van der Waals surface area contributed by atoms with E-state index in [1.807, 2.05) is 38.1 Å². The molecule has 38 heavy (non-hydrogen) atoms. The molecule has 1 fully saturated rings. The lowest BCUT2D eigenvalue weighted by Crippen LogP contribution is -2.38. The molecule has 1 saturated heterocycles. The van der Waals surface area contributed by atoms with Crippen LogP contribution in [0.15, 0.2) is 35.9 Å². The van der Waals surface area contributed by atoms with Crippen LogP contribution < -0.4 is 9.47 Å². The number of methoxy groups -OCH3 is 2. The number of nitrogens with zero attached hydrogens (tertiary/aromatic N) is 2. The Morgan fingerprint density at radius 3 is 2.11 bits per heavy atom. The molecular weight excluding hydrogens is 527 g/mol. The summed E-state index contributed by atoms with van der Waals surface area (Å²) < 4.78 is 10.7. The van der Waals surface area contributed by atoms with Crippen molar-refractivity contribution in [2.75, 3.05) is 40.4 Å². The van der Waals surface area contributed by atoms with Gasteiger partial charge in [0.1, 0.15) is 10.8 Å². The fourth-order valence-corrected chi connectivity index (χ4v) is 5.39. The summed E-state index contributed by atoms with van der Waals surface area (Å²) in [6, 6.07) is 8.40. The van der Waals surface area contributed by atoms with E-state index in [-0.39, 0.29) is 38.1 Å². The Bertz CT molecular complexity index is 1230. The molecule has 0 saturated carbocycles. The molecule has 1 amide bonds. The van der Waals surface area contributed by atoms with Crippen molar-refractivity contribution in [3.8, 4) is 11.5 Å². The number of aliphatic hydroxyl groups excluding tert-OH is 1. The van der Waals surface area contributed by atoms with E-state index in [0.717, 1.165) is 18.7 Å². The lowest BCUT2D eigenvalue weighted by Gasteiger charge is -2.29. The van der Waals surface area contributed by atoms with Crippen LogP contribution in [0.4, 0.5) is 0 Å². The van der Waals surface area contributed by atoms with E-state index >= 15 is 0 Å². The third-order valence-corrected chi connectivity index (χ3v) is 7.60. The quantitative estimate of drug-likeness (QED) is 0.227. The van der Waals surface area contributed by atoms with Gasteiger partial charge in [0.2, 0.25) is 0 Å². The Balaban J connectivity index is 2.24. The molecule has 1 aliphatic heterocycles. The summed E-state index contributed by atoms with van der Waals surface area (Å²) in [5.41, 5.74) is 1.79. The normalized spacial score (nSPS) is 17.4. The zero-order valence-electron chi connectivity index (χ0n) is 23.0. The molecule has 9 heteroatoms. The number of ether oxygens (including phenoxy) is 2. The van der Waals surface area contributed by atoms with Crippen LogP contribution in [0, 0.1) is 0 Å². The molecule has 1 heterocycles.